The van der Waals surface area contributed by atoms with Gasteiger partial charge in [0.1, 0.15) is 6.04 Å². The van der Waals surface area contributed by atoms with Gasteiger partial charge in [0.25, 0.3) is 0 Å². The molecule has 0 aliphatic rings. The third-order valence-electron chi connectivity index (χ3n) is 0.728. The molecule has 0 aliphatic carbocycles. The normalized spacial score (nSPS) is 13.4. The summed E-state index contributed by atoms with van der Waals surface area (Å²) in [6, 6.07) is -0.885. The van der Waals surface area contributed by atoms with Gasteiger partial charge >= 0.3 is 5.97 Å². The summed E-state index contributed by atoms with van der Waals surface area (Å²) in [5.74, 6) is -1.06. The van der Waals surface area contributed by atoms with Crippen LogP contribution in [-0.4, -0.2) is 35.1 Å². The minimum Gasteiger partial charge on any atom is -0.480 e. The quantitative estimate of drug-likeness (QED) is 0.463. The molecule has 0 aromatic carbocycles. The second kappa shape index (κ2) is 4.44. The van der Waals surface area contributed by atoms with E-state index in [9.17, 15) is 4.79 Å². The molecule has 0 saturated heterocycles. The molecule has 0 aromatic rings. The number of carboxylic acids is 1. The number of carboxylic acid groups (broad SMARTS) is 1. The molecule has 3 N–H and O–H groups in total. The molecule has 0 radical (unpaired) electrons. The molecule has 0 aromatic heterocycles. The first-order valence-electron chi connectivity index (χ1n) is 2.27. The van der Waals surface area contributed by atoms with Crippen LogP contribution in [0.3, 0.4) is 0 Å². The lowest BCUT2D eigenvalue weighted by molar-refractivity contribution is -0.139. The van der Waals surface area contributed by atoms with Crippen LogP contribution in [0.15, 0.2) is 0 Å². The molecule has 0 rings (SSSR count). The Morgan fingerprint density at radius 2 is 2.44 bits per heavy atom. The highest BCUT2D eigenvalue weighted by Gasteiger charge is 2.12. The molecule has 1 unspecified atom stereocenters. The van der Waals surface area contributed by atoms with Crippen molar-refractivity contribution in [2.24, 2.45) is 0 Å². The van der Waals surface area contributed by atoms with Gasteiger partial charge in [0, 0.05) is 0 Å². The van der Waals surface area contributed by atoms with Crippen molar-refractivity contribution < 1.29 is 15.0 Å². The van der Waals surface area contributed by atoms with Crippen LogP contribution >= 0.6 is 8.35 Å². The van der Waals surface area contributed by atoms with Gasteiger partial charge in [-0.05, 0) is 8.35 Å². The van der Waals surface area contributed by atoms with Gasteiger partial charge in [0.15, 0.2) is 0 Å². The van der Waals surface area contributed by atoms with E-state index in [0.29, 0.717) is 8.35 Å². The van der Waals surface area contributed by atoms with Crippen LogP contribution < -0.4 is 5.09 Å². The zero-order valence-corrected chi connectivity index (χ0v) is 5.64. The van der Waals surface area contributed by atoms with Gasteiger partial charge in [-0.25, -0.2) is 0 Å². The maximum Gasteiger partial charge on any atom is 0.323 e. The van der Waals surface area contributed by atoms with Gasteiger partial charge in [-0.15, -0.1) is 0 Å². The molecule has 5 heteroatoms. The maximum absolute atomic E-state index is 10.1. The van der Waals surface area contributed by atoms with Crippen LogP contribution in [0.1, 0.15) is 0 Å². The number of hydrogen-bond donors (Lipinski definition) is 3. The van der Waals surface area contributed by atoms with Crippen molar-refractivity contribution in [2.75, 3.05) is 6.61 Å². The molecule has 0 heterocycles. The second-order valence-electron chi connectivity index (χ2n) is 1.36. The Balaban J connectivity index is 3.67. The highest BCUT2D eigenvalue weighted by Crippen LogP contribution is 1.88. The van der Waals surface area contributed by atoms with E-state index in [4.69, 9.17) is 10.2 Å². The van der Waals surface area contributed by atoms with E-state index in [2.05, 4.69) is 11.4 Å². The largest absolute Gasteiger partial charge is 0.480 e. The van der Waals surface area contributed by atoms with E-state index >= 15 is 0 Å². The fraction of sp³-hybridized carbons (Fsp3) is 0.500. The highest BCUT2D eigenvalue weighted by atomic mass is 31.1. The SMILES string of the molecule is C=PNC(CO)C(=O)O. The molecule has 0 aliphatic heterocycles. The average molecular weight is 149 g/mol. The smallest absolute Gasteiger partial charge is 0.323 e. The zero-order chi connectivity index (χ0) is 7.28. The van der Waals surface area contributed by atoms with Crippen LogP contribution in [0.5, 0.6) is 0 Å². The lowest BCUT2D eigenvalue weighted by Crippen LogP contribution is -2.33. The van der Waals surface area contributed by atoms with Crippen molar-refractivity contribution in [3.8, 4) is 0 Å². The molecular weight excluding hydrogens is 141 g/mol. The predicted molar refractivity (Wildman–Crippen MR) is 35.7 cm³/mol. The first-order valence-corrected chi connectivity index (χ1v) is 3.35. The number of aliphatic hydroxyl groups excluding tert-OH is 1. The van der Waals surface area contributed by atoms with E-state index in [1.165, 1.54) is 0 Å². The summed E-state index contributed by atoms with van der Waals surface area (Å²) in [4.78, 5) is 10.1. The Kier molecular flexibility index (Phi) is 4.22. The number of rotatable bonds is 4. The van der Waals surface area contributed by atoms with E-state index < -0.39 is 18.6 Å². The molecule has 0 amide bonds. The lowest BCUT2D eigenvalue weighted by Gasteiger charge is -2.04. The van der Waals surface area contributed by atoms with Crippen LogP contribution in [-0.2, 0) is 4.79 Å². The van der Waals surface area contributed by atoms with Crippen molar-refractivity contribution in [2.45, 2.75) is 6.04 Å². The summed E-state index contributed by atoms with van der Waals surface area (Å²) < 4.78 is 0. The lowest BCUT2D eigenvalue weighted by atomic mass is 10.3. The Hall–Kier alpha value is -0.440. The van der Waals surface area contributed by atoms with Crippen molar-refractivity contribution in [1.82, 2.24) is 5.09 Å². The summed E-state index contributed by atoms with van der Waals surface area (Å²) >= 11 is 0. The van der Waals surface area contributed by atoms with Crippen molar-refractivity contribution >= 4 is 20.6 Å². The average Bonchev–Trinajstić information content (AvgIpc) is 1.82. The molecule has 1 atom stereocenters. The van der Waals surface area contributed by atoms with Gasteiger partial charge in [-0.2, -0.15) is 0 Å². The Morgan fingerprint density at radius 1 is 1.89 bits per heavy atom. The van der Waals surface area contributed by atoms with Crippen LogP contribution in [0, 0.1) is 0 Å². The van der Waals surface area contributed by atoms with Gasteiger partial charge in [0.05, 0.1) is 6.61 Å². The van der Waals surface area contributed by atoms with Crippen LogP contribution in [0.4, 0.5) is 0 Å². The van der Waals surface area contributed by atoms with E-state index in [0.717, 1.165) is 0 Å². The van der Waals surface area contributed by atoms with E-state index in [1.807, 2.05) is 0 Å². The van der Waals surface area contributed by atoms with E-state index in [-0.39, 0.29) is 0 Å². The van der Waals surface area contributed by atoms with Gasteiger partial charge < -0.3 is 10.2 Å². The number of hydrogen-bond acceptors (Lipinski definition) is 3. The van der Waals surface area contributed by atoms with Crippen molar-refractivity contribution in [1.29, 1.82) is 0 Å². The summed E-state index contributed by atoms with van der Waals surface area (Å²) in [6.07, 6.45) is 3.34. The first kappa shape index (κ1) is 8.56. The number of aliphatic carboxylic acids is 1. The van der Waals surface area contributed by atoms with Crippen LogP contribution in [0.2, 0.25) is 0 Å². The standard InChI is InChI=1S/C4H8NO3P/c1-9-5-3(2-6)4(7)8/h3,5-6H,1-2H2,(H,7,8). The number of aliphatic hydroxyl groups is 1. The number of nitrogens with one attached hydrogen (secondary N) is 1. The zero-order valence-electron chi connectivity index (χ0n) is 4.74. The fourth-order valence-corrected chi connectivity index (χ4v) is 0.697. The molecule has 4 nitrogen and oxygen atoms in total. The maximum atomic E-state index is 10.1. The molecule has 0 spiro atoms. The molecule has 0 saturated carbocycles. The first-order chi connectivity index (χ1) is 4.22. The third kappa shape index (κ3) is 3.19. The summed E-state index contributed by atoms with van der Waals surface area (Å²) in [5, 5.41) is 19.0. The van der Waals surface area contributed by atoms with Crippen LogP contribution in [0.25, 0.3) is 0 Å². The molecular formula is C4H8NO3P. The summed E-state index contributed by atoms with van der Waals surface area (Å²) in [5.41, 5.74) is 0. The molecule has 0 fully saturated rings. The third-order valence-corrected chi connectivity index (χ3v) is 1.22. The second-order valence-corrected chi connectivity index (χ2v) is 1.94. The summed E-state index contributed by atoms with van der Waals surface area (Å²) in [7, 11) is 0.509. The minimum absolute atomic E-state index is 0.405. The fourth-order valence-electron chi connectivity index (χ4n) is 0.284. The Labute approximate surface area is 54.4 Å². The summed E-state index contributed by atoms with van der Waals surface area (Å²) in [6.45, 7) is -0.405. The monoisotopic (exact) mass is 149 g/mol. The van der Waals surface area contributed by atoms with Gasteiger partial charge in [-0.1, -0.05) is 6.30 Å². The Bertz CT molecular complexity index is 116. The molecule has 52 valence electrons. The Morgan fingerprint density at radius 3 is 2.56 bits per heavy atom. The van der Waals surface area contributed by atoms with E-state index in [1.54, 1.807) is 0 Å². The van der Waals surface area contributed by atoms with Gasteiger partial charge in [0.2, 0.25) is 0 Å². The number of carbonyl (C=O) groups is 1. The minimum atomic E-state index is -1.06. The molecule has 0 bridgehead atoms. The topological polar surface area (TPSA) is 69.6 Å². The highest BCUT2D eigenvalue weighted by molar-refractivity contribution is 7.34. The molecule has 9 heavy (non-hydrogen) atoms. The van der Waals surface area contributed by atoms with Gasteiger partial charge in [-0.3, -0.25) is 9.88 Å². The van der Waals surface area contributed by atoms with Crippen molar-refractivity contribution in [3.63, 3.8) is 0 Å². The van der Waals surface area contributed by atoms with Crippen molar-refractivity contribution in [3.05, 3.63) is 0 Å². The predicted octanol–water partition coefficient (Wildman–Crippen LogP) is -0.685.